The van der Waals surface area contributed by atoms with Gasteiger partial charge >= 0.3 is 0 Å². The highest BCUT2D eigenvalue weighted by atomic mass is 79.9. The molecule has 1 N–H and O–H groups in total. The van der Waals surface area contributed by atoms with Crippen LogP contribution in [-0.2, 0) is 0 Å². The second-order valence-electron chi connectivity index (χ2n) is 4.49. The Balaban J connectivity index is 0.00000144. The first-order valence-electron chi connectivity index (χ1n) is 5.89. The maximum Gasteiger partial charge on any atom is 0.0332 e. The summed E-state index contributed by atoms with van der Waals surface area (Å²) in [5, 5.41) is 3.39. The summed E-state index contributed by atoms with van der Waals surface area (Å²) in [5.74, 6) is 0. The third kappa shape index (κ3) is 4.39. The molecule has 18 heavy (non-hydrogen) atoms. The number of hydrogen-bond donors (Lipinski definition) is 1. The lowest BCUT2D eigenvalue weighted by Gasteiger charge is -2.33. The third-order valence-corrected chi connectivity index (χ3v) is 3.99. The van der Waals surface area contributed by atoms with Gasteiger partial charge in [0.05, 0.1) is 0 Å². The Bertz CT molecular complexity index is 368. The Kier molecular flexibility index (Phi) is 8.48. The van der Waals surface area contributed by atoms with Crippen molar-refractivity contribution in [3.8, 4) is 0 Å². The van der Waals surface area contributed by atoms with Gasteiger partial charge in [0.2, 0.25) is 0 Å². The van der Waals surface area contributed by atoms with Crippen molar-refractivity contribution in [1.82, 2.24) is 10.2 Å². The van der Waals surface area contributed by atoms with Crippen molar-refractivity contribution < 1.29 is 0 Å². The van der Waals surface area contributed by atoms with Crippen LogP contribution >= 0.6 is 40.7 Å². The van der Waals surface area contributed by atoms with Crippen LogP contribution < -0.4 is 5.32 Å². The minimum atomic E-state index is 0. The molecule has 0 aliphatic carbocycles. The van der Waals surface area contributed by atoms with Gasteiger partial charge in [-0.3, -0.25) is 4.90 Å². The van der Waals surface area contributed by atoms with Gasteiger partial charge in [-0.2, -0.15) is 0 Å². The van der Waals surface area contributed by atoms with Crippen molar-refractivity contribution >= 4 is 40.7 Å². The van der Waals surface area contributed by atoms with Gasteiger partial charge in [-0.25, -0.2) is 0 Å². The smallest absolute Gasteiger partial charge is 0.0332 e. The lowest BCUT2D eigenvalue weighted by atomic mass is 10.0. The van der Waals surface area contributed by atoms with E-state index in [1.165, 1.54) is 15.6 Å². The molecule has 0 unspecified atom stereocenters. The number of nitrogens with zero attached hydrogens (tertiary/aromatic N) is 1. The van der Waals surface area contributed by atoms with E-state index in [0.29, 0.717) is 6.04 Å². The molecule has 1 aliphatic heterocycles. The van der Waals surface area contributed by atoms with Crippen molar-refractivity contribution in [1.29, 1.82) is 0 Å². The van der Waals surface area contributed by atoms with Crippen LogP contribution in [0.4, 0.5) is 0 Å². The standard InChI is InChI=1S/C13H19BrN2.2ClH/c1-10-3-4-12(13(14)9-10)11(2)16-7-5-15-6-8-16;;/h3-4,9,11,15H,5-8H2,1-2H3;2*1H/t11-;;/m1../s1. The van der Waals surface area contributed by atoms with Crippen LogP contribution in [0.15, 0.2) is 22.7 Å². The molecule has 2 nitrogen and oxygen atoms in total. The molecular formula is C13H21BrCl2N2. The predicted octanol–water partition coefficient (Wildman–Crippen LogP) is 3.57. The van der Waals surface area contributed by atoms with E-state index in [0.717, 1.165) is 26.2 Å². The summed E-state index contributed by atoms with van der Waals surface area (Å²) in [6, 6.07) is 7.14. The van der Waals surface area contributed by atoms with Crippen LogP contribution in [0.3, 0.4) is 0 Å². The lowest BCUT2D eigenvalue weighted by molar-refractivity contribution is 0.185. The highest BCUT2D eigenvalue weighted by Gasteiger charge is 2.19. The van der Waals surface area contributed by atoms with Gasteiger partial charge in [-0.1, -0.05) is 28.1 Å². The van der Waals surface area contributed by atoms with Gasteiger partial charge in [-0.05, 0) is 31.0 Å². The minimum Gasteiger partial charge on any atom is -0.314 e. The van der Waals surface area contributed by atoms with E-state index in [2.05, 4.69) is 58.2 Å². The molecular weight excluding hydrogens is 335 g/mol. The van der Waals surface area contributed by atoms with Crippen LogP contribution in [0.5, 0.6) is 0 Å². The molecule has 0 aromatic heterocycles. The zero-order valence-electron chi connectivity index (χ0n) is 10.8. The summed E-state index contributed by atoms with van der Waals surface area (Å²) >= 11 is 3.67. The molecule has 104 valence electrons. The van der Waals surface area contributed by atoms with Crippen molar-refractivity contribution in [2.75, 3.05) is 26.2 Å². The highest BCUT2D eigenvalue weighted by molar-refractivity contribution is 9.10. The zero-order chi connectivity index (χ0) is 11.5. The van der Waals surface area contributed by atoms with Crippen molar-refractivity contribution in [2.45, 2.75) is 19.9 Å². The zero-order valence-corrected chi connectivity index (χ0v) is 14.0. The summed E-state index contributed by atoms with van der Waals surface area (Å²) < 4.78 is 1.23. The number of benzene rings is 1. The van der Waals surface area contributed by atoms with Crippen LogP contribution in [0.25, 0.3) is 0 Å². The lowest BCUT2D eigenvalue weighted by Crippen LogP contribution is -2.44. The summed E-state index contributed by atoms with van der Waals surface area (Å²) in [6.45, 7) is 8.91. The summed E-state index contributed by atoms with van der Waals surface area (Å²) in [7, 11) is 0. The number of nitrogens with one attached hydrogen (secondary N) is 1. The molecule has 0 radical (unpaired) electrons. The molecule has 1 atom stereocenters. The van der Waals surface area contributed by atoms with E-state index in [1.54, 1.807) is 0 Å². The maximum absolute atomic E-state index is 3.67. The molecule has 1 aromatic carbocycles. The average Bonchev–Trinajstić information content (AvgIpc) is 2.29. The fraction of sp³-hybridized carbons (Fsp3) is 0.538. The van der Waals surface area contributed by atoms with Gasteiger partial charge in [0, 0.05) is 36.7 Å². The maximum atomic E-state index is 3.67. The van der Waals surface area contributed by atoms with Crippen LogP contribution in [0.1, 0.15) is 24.1 Å². The van der Waals surface area contributed by atoms with Gasteiger partial charge in [0.15, 0.2) is 0 Å². The molecule has 1 saturated heterocycles. The fourth-order valence-electron chi connectivity index (χ4n) is 2.24. The summed E-state index contributed by atoms with van der Waals surface area (Å²) in [6.07, 6.45) is 0. The molecule has 2 rings (SSSR count). The van der Waals surface area contributed by atoms with E-state index in [4.69, 9.17) is 0 Å². The first-order valence-corrected chi connectivity index (χ1v) is 6.68. The van der Waals surface area contributed by atoms with E-state index in [9.17, 15) is 0 Å². The topological polar surface area (TPSA) is 15.3 Å². The number of halogens is 3. The highest BCUT2D eigenvalue weighted by Crippen LogP contribution is 2.28. The first-order chi connectivity index (χ1) is 7.68. The van der Waals surface area contributed by atoms with E-state index < -0.39 is 0 Å². The molecule has 1 aromatic rings. The quantitative estimate of drug-likeness (QED) is 0.872. The predicted molar refractivity (Wildman–Crippen MR) is 86.2 cm³/mol. The number of hydrogen-bond acceptors (Lipinski definition) is 2. The summed E-state index contributed by atoms with van der Waals surface area (Å²) in [4.78, 5) is 2.53. The monoisotopic (exact) mass is 354 g/mol. The molecule has 1 heterocycles. The molecule has 0 amide bonds. The second kappa shape index (κ2) is 8.39. The number of rotatable bonds is 2. The Morgan fingerprint density at radius 1 is 1.22 bits per heavy atom. The largest absolute Gasteiger partial charge is 0.314 e. The molecule has 5 heteroatoms. The Morgan fingerprint density at radius 3 is 2.39 bits per heavy atom. The average molecular weight is 356 g/mol. The van der Waals surface area contributed by atoms with Crippen molar-refractivity contribution in [3.63, 3.8) is 0 Å². The second-order valence-corrected chi connectivity index (χ2v) is 5.34. The number of aryl methyl sites for hydroxylation is 1. The van der Waals surface area contributed by atoms with Gasteiger partial charge in [0.25, 0.3) is 0 Å². The molecule has 1 fully saturated rings. The Labute approximate surface area is 130 Å². The van der Waals surface area contributed by atoms with Crippen LogP contribution in [0.2, 0.25) is 0 Å². The van der Waals surface area contributed by atoms with Crippen molar-refractivity contribution in [2.24, 2.45) is 0 Å². The van der Waals surface area contributed by atoms with Crippen molar-refractivity contribution in [3.05, 3.63) is 33.8 Å². The Morgan fingerprint density at radius 2 is 1.83 bits per heavy atom. The third-order valence-electron chi connectivity index (χ3n) is 3.31. The molecule has 0 bridgehead atoms. The SMILES string of the molecule is Cc1ccc([C@@H](C)N2CCNCC2)c(Br)c1.Cl.Cl. The molecule has 1 aliphatic rings. The van der Waals surface area contributed by atoms with Gasteiger partial charge in [-0.15, -0.1) is 24.8 Å². The molecule has 0 spiro atoms. The number of piperazine rings is 1. The van der Waals surface area contributed by atoms with Gasteiger partial charge in [0.1, 0.15) is 0 Å². The van der Waals surface area contributed by atoms with Crippen LogP contribution in [-0.4, -0.2) is 31.1 Å². The van der Waals surface area contributed by atoms with Gasteiger partial charge < -0.3 is 5.32 Å². The normalized spacial score (nSPS) is 17.5. The summed E-state index contributed by atoms with van der Waals surface area (Å²) in [5.41, 5.74) is 2.70. The van der Waals surface area contributed by atoms with E-state index in [1.807, 2.05) is 0 Å². The molecule has 0 saturated carbocycles. The van der Waals surface area contributed by atoms with Crippen LogP contribution in [0, 0.1) is 6.92 Å². The Hall–Kier alpha value is 0.200. The minimum absolute atomic E-state index is 0. The van der Waals surface area contributed by atoms with E-state index >= 15 is 0 Å². The first kappa shape index (κ1) is 18.2. The van der Waals surface area contributed by atoms with E-state index in [-0.39, 0.29) is 24.8 Å². The fourth-order valence-corrected chi connectivity index (χ4v) is 3.06.